The van der Waals surface area contributed by atoms with E-state index in [0.29, 0.717) is 37.4 Å². The van der Waals surface area contributed by atoms with Crippen LogP contribution < -0.4 is 14.2 Å². The van der Waals surface area contributed by atoms with E-state index in [1.54, 1.807) is 24.0 Å². The Kier molecular flexibility index (Phi) is 5.44. The first-order valence-corrected chi connectivity index (χ1v) is 9.72. The van der Waals surface area contributed by atoms with Crippen molar-refractivity contribution in [3.63, 3.8) is 0 Å². The van der Waals surface area contributed by atoms with E-state index in [0.717, 1.165) is 12.3 Å². The lowest BCUT2D eigenvalue weighted by Gasteiger charge is -2.37. The number of benzene rings is 1. The molecule has 0 saturated carbocycles. The first-order chi connectivity index (χ1) is 14.3. The van der Waals surface area contributed by atoms with Gasteiger partial charge in [0.25, 0.3) is 5.91 Å². The summed E-state index contributed by atoms with van der Waals surface area (Å²) in [5, 5.41) is 0. The zero-order valence-electron chi connectivity index (χ0n) is 16.3. The summed E-state index contributed by atoms with van der Waals surface area (Å²) in [4.78, 5) is 18.4. The number of para-hydroxylation sites is 2. The maximum absolute atomic E-state index is 12.9. The molecule has 1 saturated heterocycles. The van der Waals surface area contributed by atoms with Crippen molar-refractivity contribution in [3.8, 4) is 17.4 Å². The molecule has 3 heterocycles. The standard InChI is InChI=1S/C21H21F3N2O4/c1-13-19(30-17-5-3-2-4-16(17)28-13)20(27)26-10-8-15(9-11-26)29-18-7-6-14(12-25-18)21(22,23)24/h2-7,12-13,15,19H,8-11H2,1H3. The number of piperidine rings is 1. The topological polar surface area (TPSA) is 60.9 Å². The van der Waals surface area contributed by atoms with Crippen molar-refractivity contribution >= 4 is 5.91 Å². The Morgan fingerprint density at radius 2 is 1.77 bits per heavy atom. The van der Waals surface area contributed by atoms with Crippen LogP contribution in [0.3, 0.4) is 0 Å². The molecular formula is C21H21F3N2O4. The van der Waals surface area contributed by atoms with Crippen molar-refractivity contribution in [1.29, 1.82) is 0 Å². The molecule has 4 rings (SSSR count). The number of amides is 1. The van der Waals surface area contributed by atoms with Crippen LogP contribution in [0, 0.1) is 0 Å². The summed E-state index contributed by atoms with van der Waals surface area (Å²) in [6, 6.07) is 9.38. The lowest BCUT2D eigenvalue weighted by Crippen LogP contribution is -2.53. The van der Waals surface area contributed by atoms with E-state index in [9.17, 15) is 18.0 Å². The molecule has 0 N–H and O–H groups in total. The molecule has 0 spiro atoms. The molecule has 0 radical (unpaired) electrons. The third-order valence-corrected chi connectivity index (χ3v) is 5.19. The Balaban J connectivity index is 1.32. The average molecular weight is 422 g/mol. The third kappa shape index (κ3) is 4.29. The molecule has 0 aliphatic carbocycles. The molecule has 1 amide bonds. The van der Waals surface area contributed by atoms with Crippen LogP contribution in [0.25, 0.3) is 0 Å². The fraction of sp³-hybridized carbons (Fsp3) is 0.429. The summed E-state index contributed by atoms with van der Waals surface area (Å²) in [7, 11) is 0. The van der Waals surface area contributed by atoms with Gasteiger partial charge in [-0.1, -0.05) is 12.1 Å². The summed E-state index contributed by atoms with van der Waals surface area (Å²) in [6.45, 7) is 2.71. The van der Waals surface area contributed by atoms with Crippen molar-refractivity contribution in [3.05, 3.63) is 48.2 Å². The molecule has 0 bridgehead atoms. The summed E-state index contributed by atoms with van der Waals surface area (Å²) < 4.78 is 55.2. The fourth-order valence-electron chi connectivity index (χ4n) is 3.55. The van der Waals surface area contributed by atoms with E-state index < -0.39 is 23.9 Å². The minimum absolute atomic E-state index is 0.141. The molecule has 1 aromatic carbocycles. The van der Waals surface area contributed by atoms with Gasteiger partial charge in [0.2, 0.25) is 12.0 Å². The number of pyridine rings is 1. The monoisotopic (exact) mass is 422 g/mol. The van der Waals surface area contributed by atoms with Gasteiger partial charge in [0.1, 0.15) is 12.2 Å². The smallest absolute Gasteiger partial charge is 0.417 e. The zero-order valence-corrected chi connectivity index (χ0v) is 16.3. The van der Waals surface area contributed by atoms with E-state index >= 15 is 0 Å². The van der Waals surface area contributed by atoms with Gasteiger partial charge in [0.05, 0.1) is 5.56 Å². The molecule has 1 fully saturated rings. The molecule has 2 atom stereocenters. The summed E-state index contributed by atoms with van der Waals surface area (Å²) in [6.07, 6.45) is -3.94. The Morgan fingerprint density at radius 3 is 2.37 bits per heavy atom. The molecule has 2 aliphatic rings. The predicted molar refractivity (Wildman–Crippen MR) is 100 cm³/mol. The maximum atomic E-state index is 12.9. The number of nitrogens with zero attached hydrogens (tertiary/aromatic N) is 2. The Morgan fingerprint density at radius 1 is 1.10 bits per heavy atom. The lowest BCUT2D eigenvalue weighted by atomic mass is 10.1. The second kappa shape index (κ2) is 8.04. The number of ether oxygens (including phenoxy) is 3. The number of alkyl halides is 3. The zero-order chi connectivity index (χ0) is 21.3. The summed E-state index contributed by atoms with van der Waals surface area (Å²) in [5.41, 5.74) is -0.819. The first-order valence-electron chi connectivity index (χ1n) is 9.72. The largest absolute Gasteiger partial charge is 0.482 e. The quantitative estimate of drug-likeness (QED) is 0.755. The van der Waals surface area contributed by atoms with Gasteiger partial charge in [-0.3, -0.25) is 4.79 Å². The van der Waals surface area contributed by atoms with E-state index in [4.69, 9.17) is 14.2 Å². The van der Waals surface area contributed by atoms with Crippen molar-refractivity contribution in [2.24, 2.45) is 0 Å². The van der Waals surface area contributed by atoms with Gasteiger partial charge in [-0.25, -0.2) is 4.98 Å². The summed E-state index contributed by atoms with van der Waals surface area (Å²) >= 11 is 0. The van der Waals surface area contributed by atoms with Crippen LogP contribution >= 0.6 is 0 Å². The van der Waals surface area contributed by atoms with Crippen LogP contribution in [-0.4, -0.2) is 47.2 Å². The molecule has 1 aromatic heterocycles. The highest BCUT2D eigenvalue weighted by Gasteiger charge is 2.38. The van der Waals surface area contributed by atoms with Crippen LogP contribution in [0.1, 0.15) is 25.3 Å². The molecule has 9 heteroatoms. The van der Waals surface area contributed by atoms with Gasteiger partial charge in [-0.05, 0) is 25.1 Å². The number of aromatic nitrogens is 1. The van der Waals surface area contributed by atoms with Gasteiger partial charge >= 0.3 is 6.18 Å². The van der Waals surface area contributed by atoms with Gasteiger partial charge in [-0.15, -0.1) is 0 Å². The van der Waals surface area contributed by atoms with Crippen LogP contribution in [0.15, 0.2) is 42.6 Å². The summed E-state index contributed by atoms with van der Waals surface area (Å²) in [5.74, 6) is 1.15. The predicted octanol–water partition coefficient (Wildman–Crippen LogP) is 3.70. The highest BCUT2D eigenvalue weighted by atomic mass is 19.4. The Labute approximate surface area is 171 Å². The van der Waals surface area contributed by atoms with Crippen molar-refractivity contribution < 1.29 is 32.2 Å². The number of hydrogen-bond donors (Lipinski definition) is 0. The Bertz CT molecular complexity index is 896. The molecule has 2 aliphatic heterocycles. The number of rotatable bonds is 3. The van der Waals surface area contributed by atoms with Gasteiger partial charge in [0, 0.05) is 38.2 Å². The number of halogens is 3. The molecule has 2 unspecified atom stereocenters. The second-order valence-electron chi connectivity index (χ2n) is 7.33. The van der Waals surface area contributed by atoms with E-state index in [2.05, 4.69) is 4.98 Å². The van der Waals surface area contributed by atoms with Gasteiger partial charge in [-0.2, -0.15) is 13.2 Å². The molecule has 30 heavy (non-hydrogen) atoms. The van der Waals surface area contributed by atoms with Gasteiger partial charge in [0.15, 0.2) is 11.5 Å². The van der Waals surface area contributed by atoms with Crippen molar-refractivity contribution in [2.45, 2.75) is 44.3 Å². The number of fused-ring (bicyclic) bond motifs is 1. The van der Waals surface area contributed by atoms with E-state index in [-0.39, 0.29) is 17.9 Å². The average Bonchev–Trinajstić information content (AvgIpc) is 2.73. The van der Waals surface area contributed by atoms with Gasteiger partial charge < -0.3 is 19.1 Å². The third-order valence-electron chi connectivity index (χ3n) is 5.19. The highest BCUT2D eigenvalue weighted by Crippen LogP contribution is 2.34. The van der Waals surface area contributed by atoms with Crippen LogP contribution in [-0.2, 0) is 11.0 Å². The van der Waals surface area contributed by atoms with Crippen molar-refractivity contribution in [2.75, 3.05) is 13.1 Å². The second-order valence-corrected chi connectivity index (χ2v) is 7.33. The fourth-order valence-corrected chi connectivity index (χ4v) is 3.55. The normalized spacial score (nSPS) is 21.9. The van der Waals surface area contributed by atoms with Crippen molar-refractivity contribution in [1.82, 2.24) is 9.88 Å². The lowest BCUT2D eigenvalue weighted by molar-refractivity contribution is -0.146. The minimum atomic E-state index is -4.43. The van der Waals surface area contributed by atoms with Crippen LogP contribution in [0.4, 0.5) is 13.2 Å². The van der Waals surface area contributed by atoms with E-state index in [1.807, 2.05) is 12.1 Å². The first kappa shape index (κ1) is 20.3. The van der Waals surface area contributed by atoms with Crippen LogP contribution in [0.2, 0.25) is 0 Å². The van der Waals surface area contributed by atoms with Crippen LogP contribution in [0.5, 0.6) is 17.4 Å². The molecule has 6 nitrogen and oxygen atoms in total. The minimum Gasteiger partial charge on any atom is -0.482 e. The number of likely N-dealkylation sites (tertiary alicyclic amines) is 1. The highest BCUT2D eigenvalue weighted by molar-refractivity contribution is 5.82. The molecule has 2 aromatic rings. The SMILES string of the molecule is CC1Oc2ccccc2OC1C(=O)N1CCC(Oc2ccc(C(F)(F)F)cn2)CC1. The number of carbonyl (C=O) groups is 1. The Hall–Kier alpha value is -2.97. The number of hydrogen-bond acceptors (Lipinski definition) is 5. The maximum Gasteiger partial charge on any atom is 0.417 e. The molecule has 160 valence electrons. The number of carbonyl (C=O) groups excluding carboxylic acids is 1. The molecular weight excluding hydrogens is 401 g/mol. The van der Waals surface area contributed by atoms with E-state index in [1.165, 1.54) is 6.07 Å².